The van der Waals surface area contributed by atoms with Crippen LogP contribution >= 0.6 is 0 Å². The van der Waals surface area contributed by atoms with Gasteiger partial charge >= 0.3 is 0 Å². The van der Waals surface area contributed by atoms with Crippen LogP contribution in [0.3, 0.4) is 0 Å². The molecule has 4 rings (SSSR count). The van der Waals surface area contributed by atoms with Crippen LogP contribution in [-0.4, -0.2) is 29.6 Å². The van der Waals surface area contributed by atoms with Crippen molar-refractivity contribution in [3.05, 3.63) is 71.7 Å². The maximum absolute atomic E-state index is 13.3. The molecule has 1 amide bonds. The lowest BCUT2D eigenvalue weighted by atomic mass is 10.0. The van der Waals surface area contributed by atoms with Crippen molar-refractivity contribution in [2.24, 2.45) is 0 Å². The molecule has 1 aliphatic rings. The molecule has 6 heteroatoms. The molecular weight excluding hydrogens is 383 g/mol. The second-order valence-corrected chi connectivity index (χ2v) is 7.56. The van der Waals surface area contributed by atoms with Crippen molar-refractivity contribution >= 4 is 5.91 Å². The Morgan fingerprint density at radius 1 is 1.17 bits per heavy atom. The SMILES string of the molecule is COc1ccccc1CC(=O)N1CCCCC[C@@H]1c1cc(-c2ccc(F)cc2)on1. The lowest BCUT2D eigenvalue weighted by Gasteiger charge is -2.29. The fraction of sp³-hybridized carbons (Fsp3) is 0.333. The van der Waals surface area contributed by atoms with Crippen LogP contribution in [0.5, 0.6) is 5.75 Å². The Kier molecular flexibility index (Phi) is 6.12. The molecule has 0 N–H and O–H groups in total. The number of benzene rings is 2. The zero-order chi connectivity index (χ0) is 20.9. The van der Waals surface area contributed by atoms with E-state index in [1.54, 1.807) is 19.2 Å². The lowest BCUT2D eigenvalue weighted by Crippen LogP contribution is -2.36. The van der Waals surface area contributed by atoms with Crippen molar-refractivity contribution in [1.82, 2.24) is 10.1 Å². The Morgan fingerprint density at radius 3 is 2.77 bits per heavy atom. The predicted octanol–water partition coefficient (Wildman–Crippen LogP) is 5.18. The van der Waals surface area contributed by atoms with E-state index in [0.717, 1.165) is 48.3 Å². The number of carbonyl (C=O) groups is 1. The van der Waals surface area contributed by atoms with Gasteiger partial charge < -0.3 is 14.2 Å². The molecule has 0 saturated carbocycles. The maximum Gasteiger partial charge on any atom is 0.227 e. The summed E-state index contributed by atoms with van der Waals surface area (Å²) in [4.78, 5) is 15.2. The van der Waals surface area contributed by atoms with E-state index >= 15 is 0 Å². The molecular formula is C24H25FN2O3. The van der Waals surface area contributed by atoms with Gasteiger partial charge in [-0.05, 0) is 43.2 Å². The minimum Gasteiger partial charge on any atom is -0.496 e. The second-order valence-electron chi connectivity index (χ2n) is 7.56. The average Bonchev–Trinajstić information content (AvgIpc) is 3.12. The van der Waals surface area contributed by atoms with Crippen LogP contribution in [-0.2, 0) is 11.2 Å². The van der Waals surface area contributed by atoms with Gasteiger partial charge in [0.05, 0.1) is 19.6 Å². The molecule has 0 unspecified atom stereocenters. The summed E-state index contributed by atoms with van der Waals surface area (Å²) in [5.41, 5.74) is 2.38. The van der Waals surface area contributed by atoms with Gasteiger partial charge in [-0.15, -0.1) is 0 Å². The molecule has 1 aromatic heterocycles. The van der Waals surface area contributed by atoms with Gasteiger partial charge in [0.1, 0.15) is 17.3 Å². The van der Waals surface area contributed by atoms with E-state index in [1.165, 1.54) is 12.1 Å². The van der Waals surface area contributed by atoms with Crippen molar-refractivity contribution in [1.29, 1.82) is 0 Å². The van der Waals surface area contributed by atoms with Crippen molar-refractivity contribution in [2.45, 2.75) is 38.1 Å². The summed E-state index contributed by atoms with van der Waals surface area (Å²) < 4.78 is 24.2. The molecule has 1 aliphatic heterocycles. The number of methoxy groups -OCH3 is 1. The number of likely N-dealkylation sites (tertiary alicyclic amines) is 1. The van der Waals surface area contributed by atoms with E-state index in [2.05, 4.69) is 5.16 Å². The normalized spacial score (nSPS) is 16.9. The van der Waals surface area contributed by atoms with Gasteiger partial charge in [0, 0.05) is 23.7 Å². The van der Waals surface area contributed by atoms with Gasteiger partial charge in [0.15, 0.2) is 5.76 Å². The second kappa shape index (κ2) is 9.11. The molecule has 30 heavy (non-hydrogen) atoms. The van der Waals surface area contributed by atoms with Gasteiger partial charge in [0.25, 0.3) is 0 Å². The number of amides is 1. The Morgan fingerprint density at radius 2 is 1.97 bits per heavy atom. The van der Waals surface area contributed by atoms with Gasteiger partial charge in [0.2, 0.25) is 5.91 Å². The van der Waals surface area contributed by atoms with Gasteiger partial charge in [-0.2, -0.15) is 0 Å². The quantitative estimate of drug-likeness (QED) is 0.584. The standard InChI is InChI=1S/C24H25FN2O3/c1-29-22-9-5-4-7-18(22)15-24(28)27-14-6-2-3-8-21(27)20-16-23(30-26-20)17-10-12-19(25)13-11-17/h4-5,7,9-13,16,21H,2-3,6,8,14-15H2,1H3/t21-/m1/s1. The number of halogens is 1. The average molecular weight is 408 g/mol. The highest BCUT2D eigenvalue weighted by atomic mass is 19.1. The van der Waals surface area contributed by atoms with Crippen LogP contribution in [0.1, 0.15) is 43.0 Å². The van der Waals surface area contributed by atoms with Crippen molar-refractivity contribution in [2.75, 3.05) is 13.7 Å². The fourth-order valence-electron chi connectivity index (χ4n) is 4.02. The van der Waals surface area contributed by atoms with Crippen LogP contribution in [0.15, 0.2) is 59.1 Å². The van der Waals surface area contributed by atoms with Crippen LogP contribution < -0.4 is 4.74 Å². The zero-order valence-electron chi connectivity index (χ0n) is 17.0. The summed E-state index contributed by atoms with van der Waals surface area (Å²) in [6.45, 7) is 0.692. The lowest BCUT2D eigenvalue weighted by molar-refractivity contribution is -0.133. The van der Waals surface area contributed by atoms with Crippen molar-refractivity contribution < 1.29 is 18.4 Å². The van der Waals surface area contributed by atoms with Crippen molar-refractivity contribution in [3.63, 3.8) is 0 Å². The highest BCUT2D eigenvalue weighted by Gasteiger charge is 2.29. The summed E-state index contributed by atoms with van der Waals surface area (Å²) in [5.74, 6) is 1.05. The van der Waals surface area contributed by atoms with Crippen LogP contribution in [0.25, 0.3) is 11.3 Å². The van der Waals surface area contributed by atoms with Crippen LogP contribution in [0.4, 0.5) is 4.39 Å². The minimum atomic E-state index is -0.296. The number of para-hydroxylation sites is 1. The minimum absolute atomic E-state index is 0.0535. The summed E-state index contributed by atoms with van der Waals surface area (Å²) in [7, 11) is 1.62. The number of rotatable bonds is 5. The molecule has 0 radical (unpaired) electrons. The van der Waals surface area contributed by atoms with E-state index in [1.807, 2.05) is 35.2 Å². The first-order valence-electron chi connectivity index (χ1n) is 10.3. The first-order valence-corrected chi connectivity index (χ1v) is 10.3. The number of carbonyl (C=O) groups excluding carboxylic acids is 1. The maximum atomic E-state index is 13.3. The number of aromatic nitrogens is 1. The molecule has 2 aromatic carbocycles. The van der Waals surface area contributed by atoms with Gasteiger partial charge in [-0.1, -0.05) is 36.2 Å². The Hall–Kier alpha value is -3.15. The van der Waals surface area contributed by atoms with E-state index in [9.17, 15) is 9.18 Å². The van der Waals surface area contributed by atoms with E-state index < -0.39 is 0 Å². The first kappa shape index (κ1) is 20.1. The number of hydrogen-bond donors (Lipinski definition) is 0. The molecule has 0 bridgehead atoms. The molecule has 2 heterocycles. The monoisotopic (exact) mass is 408 g/mol. The third-order valence-electron chi connectivity index (χ3n) is 5.61. The summed E-state index contributed by atoms with van der Waals surface area (Å²) in [5, 5.41) is 4.27. The molecule has 0 spiro atoms. The number of nitrogens with zero attached hydrogens (tertiary/aromatic N) is 2. The number of ether oxygens (including phenoxy) is 1. The highest BCUT2D eigenvalue weighted by Crippen LogP contribution is 2.33. The van der Waals surface area contributed by atoms with Gasteiger partial charge in [-0.25, -0.2) is 4.39 Å². The van der Waals surface area contributed by atoms with Crippen molar-refractivity contribution in [3.8, 4) is 17.1 Å². The third-order valence-corrected chi connectivity index (χ3v) is 5.61. The van der Waals surface area contributed by atoms with Crippen LogP contribution in [0.2, 0.25) is 0 Å². The molecule has 1 fully saturated rings. The van der Waals surface area contributed by atoms with Gasteiger partial charge in [-0.3, -0.25) is 4.79 Å². The molecule has 0 aliphatic carbocycles. The molecule has 1 atom stereocenters. The van der Waals surface area contributed by atoms with E-state index in [4.69, 9.17) is 9.26 Å². The van der Waals surface area contributed by atoms with E-state index in [-0.39, 0.29) is 24.2 Å². The molecule has 156 valence electrons. The number of hydrogen-bond acceptors (Lipinski definition) is 4. The first-order chi connectivity index (χ1) is 14.7. The van der Waals surface area contributed by atoms with Crippen LogP contribution in [0, 0.1) is 5.82 Å². The molecule has 1 saturated heterocycles. The summed E-state index contributed by atoms with van der Waals surface area (Å²) in [6.07, 6.45) is 4.20. The smallest absolute Gasteiger partial charge is 0.227 e. The Bertz CT molecular complexity index is 1000. The Balaban J connectivity index is 1.57. The predicted molar refractivity (Wildman–Crippen MR) is 112 cm³/mol. The Labute approximate surface area is 175 Å². The largest absolute Gasteiger partial charge is 0.496 e. The summed E-state index contributed by atoms with van der Waals surface area (Å²) in [6, 6.07) is 15.5. The topological polar surface area (TPSA) is 55.6 Å². The third kappa shape index (κ3) is 4.37. The highest BCUT2D eigenvalue weighted by molar-refractivity contribution is 5.80. The van der Waals surface area contributed by atoms with E-state index in [0.29, 0.717) is 12.3 Å². The summed E-state index contributed by atoms with van der Waals surface area (Å²) >= 11 is 0. The fourth-order valence-corrected chi connectivity index (χ4v) is 4.02. The molecule has 3 aromatic rings. The molecule has 5 nitrogen and oxygen atoms in total. The zero-order valence-corrected chi connectivity index (χ0v) is 17.0.